The van der Waals surface area contributed by atoms with Gasteiger partial charge in [-0.15, -0.1) is 0 Å². The van der Waals surface area contributed by atoms with E-state index in [0.29, 0.717) is 48.9 Å². The second-order valence-electron chi connectivity index (χ2n) is 7.45. The highest BCUT2D eigenvalue weighted by Gasteiger charge is 2.37. The molecule has 5 rings (SSSR count). The predicted molar refractivity (Wildman–Crippen MR) is 113 cm³/mol. The molecule has 160 valence electrons. The zero-order valence-electron chi connectivity index (χ0n) is 16.9. The van der Waals surface area contributed by atoms with E-state index >= 15 is 0 Å². The van der Waals surface area contributed by atoms with E-state index in [-0.39, 0.29) is 22.2 Å². The summed E-state index contributed by atoms with van der Waals surface area (Å²) in [7, 11) is -2.11. The summed E-state index contributed by atoms with van der Waals surface area (Å²) in [6.45, 7) is 1.79. The van der Waals surface area contributed by atoms with Gasteiger partial charge in [0.2, 0.25) is 0 Å². The molecule has 3 aromatic rings. The van der Waals surface area contributed by atoms with Crippen LogP contribution in [0.3, 0.4) is 0 Å². The molecule has 0 saturated carbocycles. The lowest BCUT2D eigenvalue weighted by Crippen LogP contribution is -2.41. The Balaban J connectivity index is 1.77. The first kappa shape index (κ1) is 19.8. The fourth-order valence-electron chi connectivity index (χ4n) is 4.07. The maximum absolute atomic E-state index is 13.3. The van der Waals surface area contributed by atoms with E-state index in [4.69, 9.17) is 9.47 Å². The molecule has 3 heterocycles. The number of hydrogen-bond acceptors (Lipinski definition) is 6. The van der Waals surface area contributed by atoms with E-state index in [1.54, 1.807) is 27.8 Å². The lowest BCUT2D eigenvalue weighted by molar-refractivity contribution is 0.0298. The van der Waals surface area contributed by atoms with Crippen LogP contribution in [0.15, 0.2) is 53.4 Å². The number of benzene rings is 2. The number of morpholine rings is 1. The Morgan fingerprint density at radius 1 is 1.10 bits per heavy atom. The van der Waals surface area contributed by atoms with Crippen molar-refractivity contribution in [1.82, 2.24) is 14.7 Å². The summed E-state index contributed by atoms with van der Waals surface area (Å²) in [6, 6.07) is 14.3. The number of ether oxygens (including phenoxy) is 2. The van der Waals surface area contributed by atoms with Crippen molar-refractivity contribution < 1.29 is 22.7 Å². The molecule has 31 heavy (non-hydrogen) atoms. The quantitative estimate of drug-likeness (QED) is 0.622. The number of aromatic nitrogens is 2. The van der Waals surface area contributed by atoms with Crippen LogP contribution in [0.25, 0.3) is 16.9 Å². The Bertz CT molecular complexity index is 1260. The number of nitrogens with zero attached hydrogens (tertiary/aromatic N) is 3. The molecule has 0 spiro atoms. The van der Waals surface area contributed by atoms with Crippen molar-refractivity contribution in [2.24, 2.45) is 0 Å². The molecule has 2 aliphatic rings. The smallest absolute Gasteiger partial charge is 0.274 e. The van der Waals surface area contributed by atoms with E-state index in [1.165, 1.54) is 7.11 Å². The minimum atomic E-state index is -3.64. The van der Waals surface area contributed by atoms with Crippen LogP contribution in [0.1, 0.15) is 16.1 Å². The van der Waals surface area contributed by atoms with Crippen LogP contribution < -0.4 is 4.74 Å². The van der Waals surface area contributed by atoms with Crippen LogP contribution in [0.4, 0.5) is 0 Å². The molecular formula is C22H21N3O5S. The van der Waals surface area contributed by atoms with Crippen molar-refractivity contribution in [2.45, 2.75) is 10.6 Å². The zero-order chi connectivity index (χ0) is 21.6. The fourth-order valence-corrected chi connectivity index (χ4v) is 5.64. The standard InChI is InChI=1S/C22H21N3O5S/c1-29-16-7-8-19-17(13-16)21-18(14-31(19,27)28)20(22(26)24-9-11-30-12-10-24)23-25(21)15-5-3-2-4-6-15/h2-8,13H,9-12,14H2,1H3. The summed E-state index contributed by atoms with van der Waals surface area (Å²) in [5.74, 6) is -0.0284. The first-order valence-corrected chi connectivity index (χ1v) is 11.6. The van der Waals surface area contributed by atoms with Crippen molar-refractivity contribution in [3.63, 3.8) is 0 Å². The summed E-state index contributed by atoms with van der Waals surface area (Å²) in [5, 5.41) is 4.64. The third-order valence-corrected chi connectivity index (χ3v) is 7.29. The average molecular weight is 439 g/mol. The molecular weight excluding hydrogens is 418 g/mol. The van der Waals surface area contributed by atoms with Crippen LogP contribution in [-0.4, -0.2) is 62.4 Å². The molecule has 0 N–H and O–H groups in total. The Kier molecular flexibility index (Phi) is 4.79. The second kappa shape index (κ2) is 7.51. The Morgan fingerprint density at radius 3 is 2.55 bits per heavy atom. The van der Waals surface area contributed by atoms with Gasteiger partial charge in [0.15, 0.2) is 15.5 Å². The number of carbonyl (C=O) groups is 1. The maximum atomic E-state index is 13.3. The minimum Gasteiger partial charge on any atom is -0.497 e. The molecule has 0 atom stereocenters. The van der Waals surface area contributed by atoms with E-state index in [9.17, 15) is 13.2 Å². The number of carbonyl (C=O) groups excluding carboxylic acids is 1. The zero-order valence-corrected chi connectivity index (χ0v) is 17.8. The third-order valence-electron chi connectivity index (χ3n) is 5.60. The molecule has 9 heteroatoms. The van der Waals surface area contributed by atoms with Gasteiger partial charge in [0.25, 0.3) is 5.91 Å². The van der Waals surface area contributed by atoms with E-state index < -0.39 is 9.84 Å². The number of fused-ring (bicyclic) bond motifs is 3. The molecule has 2 aliphatic heterocycles. The maximum Gasteiger partial charge on any atom is 0.274 e. The molecule has 0 aliphatic carbocycles. The fraction of sp³-hybridized carbons (Fsp3) is 0.273. The van der Waals surface area contributed by atoms with Gasteiger partial charge in [-0.1, -0.05) is 18.2 Å². The molecule has 1 saturated heterocycles. The van der Waals surface area contributed by atoms with Crippen LogP contribution in [0.2, 0.25) is 0 Å². The molecule has 1 aromatic heterocycles. The van der Waals surface area contributed by atoms with Crippen molar-refractivity contribution in [3.8, 4) is 22.7 Å². The molecule has 1 fully saturated rings. The molecule has 1 amide bonds. The summed E-state index contributed by atoms with van der Waals surface area (Å²) in [4.78, 5) is 15.2. The van der Waals surface area contributed by atoms with Crippen molar-refractivity contribution in [2.75, 3.05) is 33.4 Å². The summed E-state index contributed by atoms with van der Waals surface area (Å²) in [6.07, 6.45) is 0. The van der Waals surface area contributed by atoms with Crippen molar-refractivity contribution in [1.29, 1.82) is 0 Å². The normalized spacial score (nSPS) is 17.0. The number of para-hydroxylation sites is 1. The van der Waals surface area contributed by atoms with Gasteiger partial charge in [-0.05, 0) is 30.3 Å². The molecule has 8 nitrogen and oxygen atoms in total. The van der Waals surface area contributed by atoms with Gasteiger partial charge in [-0.2, -0.15) is 5.10 Å². The van der Waals surface area contributed by atoms with Gasteiger partial charge in [-0.25, -0.2) is 13.1 Å². The number of sulfone groups is 1. The first-order valence-electron chi connectivity index (χ1n) is 9.95. The second-order valence-corrected chi connectivity index (χ2v) is 9.41. The topological polar surface area (TPSA) is 90.7 Å². The summed E-state index contributed by atoms with van der Waals surface area (Å²) >= 11 is 0. The molecule has 0 radical (unpaired) electrons. The van der Waals surface area contributed by atoms with Gasteiger partial charge in [-0.3, -0.25) is 4.79 Å². The highest BCUT2D eigenvalue weighted by Crippen LogP contribution is 2.42. The Labute approximate surface area is 179 Å². The number of rotatable bonds is 3. The minimum absolute atomic E-state index is 0.165. The Hall–Kier alpha value is -3.17. The van der Waals surface area contributed by atoms with Gasteiger partial charge in [0.05, 0.1) is 42.4 Å². The third kappa shape index (κ3) is 3.30. The molecule has 0 bridgehead atoms. The Morgan fingerprint density at radius 2 is 1.84 bits per heavy atom. The van der Waals surface area contributed by atoms with Crippen LogP contribution in [-0.2, 0) is 20.3 Å². The highest BCUT2D eigenvalue weighted by molar-refractivity contribution is 7.90. The largest absolute Gasteiger partial charge is 0.497 e. The molecule has 0 unspecified atom stereocenters. The van der Waals surface area contributed by atoms with Crippen LogP contribution in [0.5, 0.6) is 5.75 Å². The average Bonchev–Trinajstić information content (AvgIpc) is 3.18. The number of amides is 1. The lowest BCUT2D eigenvalue weighted by atomic mass is 10.0. The highest BCUT2D eigenvalue weighted by atomic mass is 32.2. The number of methoxy groups -OCH3 is 1. The number of hydrogen-bond donors (Lipinski definition) is 0. The lowest BCUT2D eigenvalue weighted by Gasteiger charge is -2.26. The van der Waals surface area contributed by atoms with Crippen molar-refractivity contribution in [3.05, 3.63) is 59.8 Å². The predicted octanol–water partition coefficient (Wildman–Crippen LogP) is 2.31. The van der Waals surface area contributed by atoms with Crippen molar-refractivity contribution >= 4 is 15.7 Å². The first-order chi connectivity index (χ1) is 15.0. The summed E-state index contributed by atoms with van der Waals surface area (Å²) < 4.78 is 38.6. The van der Waals surface area contributed by atoms with Crippen LogP contribution >= 0.6 is 0 Å². The monoisotopic (exact) mass is 439 g/mol. The van der Waals surface area contributed by atoms with Gasteiger partial charge in [0, 0.05) is 24.2 Å². The van der Waals surface area contributed by atoms with E-state index in [0.717, 1.165) is 5.69 Å². The van der Waals surface area contributed by atoms with Gasteiger partial charge in [0.1, 0.15) is 5.75 Å². The van der Waals surface area contributed by atoms with Gasteiger partial charge >= 0.3 is 0 Å². The summed E-state index contributed by atoms with van der Waals surface area (Å²) in [5.41, 5.74) is 2.41. The molecule has 2 aromatic carbocycles. The SMILES string of the molecule is COc1ccc2c(c1)-c1c(c(C(=O)N3CCOCC3)nn1-c1ccccc1)CS2(=O)=O. The van der Waals surface area contributed by atoms with Crippen LogP contribution in [0, 0.1) is 0 Å². The van der Waals surface area contributed by atoms with E-state index in [2.05, 4.69) is 5.10 Å². The van der Waals surface area contributed by atoms with Gasteiger partial charge < -0.3 is 14.4 Å². The van der Waals surface area contributed by atoms with E-state index in [1.807, 2.05) is 30.3 Å².